The number of hydrogen-bond acceptors (Lipinski definition) is 3. The summed E-state index contributed by atoms with van der Waals surface area (Å²) in [5, 5.41) is 8.25. The van der Waals surface area contributed by atoms with Gasteiger partial charge in [-0.15, -0.1) is 0 Å². The van der Waals surface area contributed by atoms with E-state index in [-0.39, 0.29) is 0 Å². The van der Waals surface area contributed by atoms with E-state index < -0.39 is 0 Å². The molecule has 5 heteroatoms. The number of thiocarbonyl (C=S) groups is 1. The molecule has 1 aromatic heterocycles. The van der Waals surface area contributed by atoms with Crippen LogP contribution in [0, 0.1) is 0 Å². The number of nitrogens with zero attached hydrogens (tertiary/aromatic N) is 1. The zero-order valence-corrected chi connectivity index (χ0v) is 12.0. The Morgan fingerprint density at radius 3 is 3.11 bits per heavy atom. The second-order valence-electron chi connectivity index (χ2n) is 4.17. The van der Waals surface area contributed by atoms with Crippen molar-refractivity contribution in [3.05, 3.63) is 24.4 Å². The summed E-state index contributed by atoms with van der Waals surface area (Å²) in [6.07, 6.45) is 5.50. The number of aromatic nitrogens is 1. The standard InChI is InChI=1S/C13H17N3S2/c1-2-3-4-7-14-13(17)16-11-5-6-12-10(8-11)9-15-18-12/h5-6,8-9H,2-4,7H2,1H3,(H2,14,16,17). The molecule has 18 heavy (non-hydrogen) atoms. The van der Waals surface area contributed by atoms with Crippen LogP contribution in [0.4, 0.5) is 5.69 Å². The molecule has 2 rings (SSSR count). The second-order valence-corrected chi connectivity index (χ2v) is 5.41. The summed E-state index contributed by atoms with van der Waals surface area (Å²) < 4.78 is 5.35. The number of unbranched alkanes of at least 4 members (excludes halogenated alkanes) is 2. The van der Waals surface area contributed by atoms with Crippen molar-refractivity contribution < 1.29 is 0 Å². The highest BCUT2D eigenvalue weighted by atomic mass is 32.1. The lowest BCUT2D eigenvalue weighted by Gasteiger charge is -2.10. The zero-order valence-electron chi connectivity index (χ0n) is 10.4. The van der Waals surface area contributed by atoms with Gasteiger partial charge in [0.25, 0.3) is 0 Å². The van der Waals surface area contributed by atoms with E-state index in [1.165, 1.54) is 29.1 Å². The van der Waals surface area contributed by atoms with E-state index in [0.717, 1.165) is 24.0 Å². The summed E-state index contributed by atoms with van der Waals surface area (Å²) in [7, 11) is 0. The highest BCUT2D eigenvalue weighted by molar-refractivity contribution is 7.80. The molecule has 2 aromatic rings. The molecular weight excluding hydrogens is 262 g/mol. The highest BCUT2D eigenvalue weighted by Gasteiger charge is 2.00. The van der Waals surface area contributed by atoms with Crippen LogP contribution in [0.5, 0.6) is 0 Å². The van der Waals surface area contributed by atoms with Crippen LogP contribution in [0.3, 0.4) is 0 Å². The predicted molar refractivity (Wildman–Crippen MR) is 83.4 cm³/mol. The first-order chi connectivity index (χ1) is 8.79. The van der Waals surface area contributed by atoms with Gasteiger partial charge in [0.15, 0.2) is 5.11 Å². The second kappa shape index (κ2) is 6.66. The zero-order chi connectivity index (χ0) is 12.8. The van der Waals surface area contributed by atoms with E-state index in [1.807, 2.05) is 12.3 Å². The summed E-state index contributed by atoms with van der Waals surface area (Å²) in [5.74, 6) is 0. The first kappa shape index (κ1) is 13.2. The summed E-state index contributed by atoms with van der Waals surface area (Å²) in [6, 6.07) is 6.16. The topological polar surface area (TPSA) is 37.0 Å². The molecule has 0 saturated carbocycles. The molecule has 0 saturated heterocycles. The van der Waals surface area contributed by atoms with Crippen LogP contribution in [0.2, 0.25) is 0 Å². The van der Waals surface area contributed by atoms with Gasteiger partial charge >= 0.3 is 0 Å². The number of hydrogen-bond donors (Lipinski definition) is 2. The third-order valence-corrected chi connectivity index (χ3v) is 3.70. The first-order valence-corrected chi connectivity index (χ1v) is 7.37. The minimum atomic E-state index is 0.689. The molecule has 0 atom stereocenters. The molecule has 0 aliphatic carbocycles. The van der Waals surface area contributed by atoms with Crippen LogP contribution in [-0.4, -0.2) is 16.0 Å². The van der Waals surface area contributed by atoms with Gasteiger partial charge in [-0.05, 0) is 48.4 Å². The molecule has 0 aliphatic rings. The Labute approximate surface area is 117 Å². The summed E-state index contributed by atoms with van der Waals surface area (Å²) in [4.78, 5) is 0. The van der Waals surface area contributed by atoms with Gasteiger partial charge in [-0.2, -0.15) is 4.37 Å². The van der Waals surface area contributed by atoms with Crippen LogP contribution >= 0.6 is 23.8 Å². The average Bonchev–Trinajstić information content (AvgIpc) is 2.82. The molecule has 96 valence electrons. The maximum absolute atomic E-state index is 5.25. The SMILES string of the molecule is CCCCCNC(=S)Nc1ccc2sncc2c1. The number of anilines is 1. The van der Waals surface area contributed by atoms with Gasteiger partial charge in [-0.25, -0.2) is 0 Å². The lowest BCUT2D eigenvalue weighted by atomic mass is 10.2. The Morgan fingerprint density at radius 2 is 2.28 bits per heavy atom. The third kappa shape index (κ3) is 3.65. The van der Waals surface area contributed by atoms with Gasteiger partial charge in [0.1, 0.15) is 0 Å². The van der Waals surface area contributed by atoms with Crippen molar-refractivity contribution in [1.29, 1.82) is 0 Å². The van der Waals surface area contributed by atoms with Gasteiger partial charge in [-0.1, -0.05) is 19.8 Å². The van der Waals surface area contributed by atoms with E-state index >= 15 is 0 Å². The molecule has 1 aromatic carbocycles. The minimum absolute atomic E-state index is 0.689. The van der Waals surface area contributed by atoms with E-state index in [9.17, 15) is 0 Å². The van der Waals surface area contributed by atoms with Crippen LogP contribution in [0.15, 0.2) is 24.4 Å². The summed E-state index contributed by atoms with van der Waals surface area (Å²) in [5.41, 5.74) is 1.01. The molecule has 3 nitrogen and oxygen atoms in total. The number of rotatable bonds is 5. The van der Waals surface area contributed by atoms with E-state index in [0.29, 0.717) is 5.11 Å². The van der Waals surface area contributed by atoms with Crippen molar-refractivity contribution in [2.75, 3.05) is 11.9 Å². The Bertz CT molecular complexity index is 522. The quantitative estimate of drug-likeness (QED) is 0.645. The Kier molecular flexibility index (Phi) is 4.90. The Morgan fingerprint density at radius 1 is 1.39 bits per heavy atom. The maximum Gasteiger partial charge on any atom is 0.170 e. The summed E-state index contributed by atoms with van der Waals surface area (Å²) >= 11 is 6.76. The third-order valence-electron chi connectivity index (χ3n) is 2.68. The van der Waals surface area contributed by atoms with Crippen molar-refractivity contribution >= 4 is 44.6 Å². The highest BCUT2D eigenvalue weighted by Crippen LogP contribution is 2.21. The molecule has 0 amide bonds. The van der Waals surface area contributed by atoms with Gasteiger partial charge in [0.2, 0.25) is 0 Å². The van der Waals surface area contributed by atoms with E-state index in [4.69, 9.17) is 12.2 Å². The molecule has 0 spiro atoms. The fourth-order valence-corrected chi connectivity index (χ4v) is 2.55. The Hall–Kier alpha value is -1.20. The Balaban J connectivity index is 1.86. The van der Waals surface area contributed by atoms with Gasteiger partial charge in [0, 0.05) is 23.8 Å². The molecular formula is C13H17N3S2. The minimum Gasteiger partial charge on any atom is -0.362 e. The fourth-order valence-electron chi connectivity index (χ4n) is 1.70. The van der Waals surface area contributed by atoms with Crippen molar-refractivity contribution in [2.45, 2.75) is 26.2 Å². The fraction of sp³-hybridized carbons (Fsp3) is 0.385. The predicted octanol–water partition coefficient (Wildman–Crippen LogP) is 3.77. The lowest BCUT2D eigenvalue weighted by molar-refractivity contribution is 0.698. The van der Waals surface area contributed by atoms with Crippen molar-refractivity contribution in [3.8, 4) is 0 Å². The molecule has 1 heterocycles. The number of nitrogens with one attached hydrogen (secondary N) is 2. The van der Waals surface area contributed by atoms with Crippen molar-refractivity contribution in [3.63, 3.8) is 0 Å². The van der Waals surface area contributed by atoms with E-state index in [1.54, 1.807) is 0 Å². The summed E-state index contributed by atoms with van der Waals surface area (Å²) in [6.45, 7) is 3.13. The monoisotopic (exact) mass is 279 g/mol. The van der Waals surface area contributed by atoms with Gasteiger partial charge in [-0.3, -0.25) is 0 Å². The van der Waals surface area contributed by atoms with E-state index in [2.05, 4.69) is 34.1 Å². The van der Waals surface area contributed by atoms with Gasteiger partial charge < -0.3 is 10.6 Å². The van der Waals surface area contributed by atoms with Crippen LogP contribution in [-0.2, 0) is 0 Å². The molecule has 0 bridgehead atoms. The maximum atomic E-state index is 5.25. The van der Waals surface area contributed by atoms with Gasteiger partial charge in [0.05, 0.1) is 4.70 Å². The molecule has 0 fully saturated rings. The molecule has 0 aliphatic heterocycles. The normalized spacial score (nSPS) is 10.5. The van der Waals surface area contributed by atoms with Crippen LogP contribution < -0.4 is 10.6 Å². The molecule has 0 radical (unpaired) electrons. The van der Waals surface area contributed by atoms with Crippen molar-refractivity contribution in [1.82, 2.24) is 9.69 Å². The molecule has 0 unspecified atom stereocenters. The number of benzene rings is 1. The molecule has 2 N–H and O–H groups in total. The van der Waals surface area contributed by atoms with Crippen molar-refractivity contribution in [2.24, 2.45) is 0 Å². The lowest BCUT2D eigenvalue weighted by Crippen LogP contribution is -2.29. The van der Waals surface area contributed by atoms with Crippen LogP contribution in [0.1, 0.15) is 26.2 Å². The first-order valence-electron chi connectivity index (χ1n) is 6.19. The largest absolute Gasteiger partial charge is 0.362 e. The van der Waals surface area contributed by atoms with Crippen LogP contribution in [0.25, 0.3) is 10.1 Å². The average molecular weight is 279 g/mol. The smallest absolute Gasteiger partial charge is 0.170 e. The number of fused-ring (bicyclic) bond motifs is 1.